The number of ketones is 2. The molecule has 0 radical (unpaired) electrons. The van der Waals surface area contributed by atoms with Crippen molar-refractivity contribution in [2.24, 2.45) is 11.3 Å². The fourth-order valence-corrected chi connectivity index (χ4v) is 3.99. The van der Waals surface area contributed by atoms with Crippen molar-refractivity contribution in [1.82, 2.24) is 5.32 Å². The smallest absolute Gasteiger partial charge is 0.161 e. The summed E-state index contributed by atoms with van der Waals surface area (Å²) in [5, 5.41) is 3.38. The lowest BCUT2D eigenvalue weighted by molar-refractivity contribution is -0.141. The summed E-state index contributed by atoms with van der Waals surface area (Å²) in [6.07, 6.45) is 1.74. The molecule has 1 aliphatic heterocycles. The summed E-state index contributed by atoms with van der Waals surface area (Å²) in [4.78, 5) is 25.4. The number of hydrogen-bond acceptors (Lipinski definition) is 5. The van der Waals surface area contributed by atoms with Gasteiger partial charge in [-0.15, -0.1) is 12.4 Å². The van der Waals surface area contributed by atoms with Gasteiger partial charge in [-0.05, 0) is 41.6 Å². The number of methoxy groups -OCH3 is 2. The number of hydrogen-bond donors (Lipinski definition) is 1. The molecule has 1 aromatic rings. The molecule has 5 nitrogen and oxygen atoms in total. The van der Waals surface area contributed by atoms with Crippen LogP contribution in [-0.2, 0) is 16.0 Å². The molecule has 1 heterocycles. The van der Waals surface area contributed by atoms with Gasteiger partial charge < -0.3 is 14.8 Å². The van der Waals surface area contributed by atoms with Crippen molar-refractivity contribution >= 4 is 24.0 Å². The van der Waals surface area contributed by atoms with Crippen molar-refractivity contribution in [3.63, 3.8) is 0 Å². The Balaban J connectivity index is 0.00000225. The lowest BCUT2D eigenvalue weighted by Gasteiger charge is -2.38. The van der Waals surface area contributed by atoms with Crippen LogP contribution in [0.4, 0.5) is 0 Å². The summed E-state index contributed by atoms with van der Waals surface area (Å²) >= 11 is 0. The molecule has 1 aliphatic carbocycles. The Hall–Kier alpha value is -1.59. The van der Waals surface area contributed by atoms with E-state index in [1.807, 2.05) is 26.0 Å². The third-order valence-electron chi connectivity index (χ3n) is 5.07. The molecule has 1 saturated carbocycles. The van der Waals surface area contributed by atoms with Crippen molar-refractivity contribution in [1.29, 1.82) is 0 Å². The third-order valence-corrected chi connectivity index (χ3v) is 5.07. The predicted molar refractivity (Wildman–Crippen MR) is 97.8 cm³/mol. The molecular formula is C19H26ClNO4. The normalized spacial score (nSPS) is 22.8. The van der Waals surface area contributed by atoms with Crippen molar-refractivity contribution in [2.45, 2.75) is 39.2 Å². The van der Waals surface area contributed by atoms with Gasteiger partial charge in [0.1, 0.15) is 11.6 Å². The summed E-state index contributed by atoms with van der Waals surface area (Å²) in [6.45, 7) is 4.71. The number of benzene rings is 1. The Morgan fingerprint density at radius 2 is 1.60 bits per heavy atom. The highest BCUT2D eigenvalue weighted by molar-refractivity contribution is 6.06. The Morgan fingerprint density at radius 1 is 1.04 bits per heavy atom. The first-order valence-corrected chi connectivity index (χ1v) is 8.40. The largest absolute Gasteiger partial charge is 0.493 e. The molecule has 1 fully saturated rings. The minimum absolute atomic E-state index is 0. The monoisotopic (exact) mass is 367 g/mol. The zero-order valence-corrected chi connectivity index (χ0v) is 16.0. The predicted octanol–water partition coefficient (Wildman–Crippen LogP) is 2.89. The molecule has 0 aromatic heterocycles. The summed E-state index contributed by atoms with van der Waals surface area (Å²) in [5.41, 5.74) is 1.85. The van der Waals surface area contributed by atoms with Gasteiger partial charge in [0, 0.05) is 18.9 Å². The van der Waals surface area contributed by atoms with E-state index in [0.29, 0.717) is 24.3 Å². The van der Waals surface area contributed by atoms with Crippen LogP contribution < -0.4 is 14.8 Å². The lowest BCUT2D eigenvalue weighted by Crippen LogP contribution is -2.46. The van der Waals surface area contributed by atoms with Crippen LogP contribution in [0.5, 0.6) is 11.5 Å². The average Bonchev–Trinajstić information content (AvgIpc) is 2.51. The maximum Gasteiger partial charge on any atom is 0.161 e. The van der Waals surface area contributed by atoms with E-state index < -0.39 is 5.92 Å². The van der Waals surface area contributed by atoms with Gasteiger partial charge in [-0.3, -0.25) is 9.59 Å². The molecule has 6 heteroatoms. The van der Waals surface area contributed by atoms with Crippen LogP contribution in [0.15, 0.2) is 12.1 Å². The number of Topliss-reactive ketones (excluding diaryl/α,β-unsaturated/α-hetero) is 2. The van der Waals surface area contributed by atoms with E-state index >= 15 is 0 Å². The summed E-state index contributed by atoms with van der Waals surface area (Å²) in [5.74, 6) is 0.781. The zero-order chi connectivity index (χ0) is 17.5. The Morgan fingerprint density at radius 3 is 2.16 bits per heavy atom. The number of carbonyl (C=O) groups is 2. The zero-order valence-electron chi connectivity index (χ0n) is 15.2. The highest BCUT2D eigenvalue weighted by atomic mass is 35.5. The highest BCUT2D eigenvalue weighted by Gasteiger charge is 2.45. The van der Waals surface area contributed by atoms with Crippen molar-refractivity contribution < 1.29 is 19.1 Å². The molecule has 3 rings (SSSR count). The van der Waals surface area contributed by atoms with E-state index in [9.17, 15) is 9.59 Å². The second-order valence-electron chi connectivity index (χ2n) is 7.52. The second-order valence-corrected chi connectivity index (χ2v) is 7.52. The number of halogens is 1. The Kier molecular flexibility index (Phi) is 5.79. The van der Waals surface area contributed by atoms with Crippen LogP contribution in [0.3, 0.4) is 0 Å². The van der Waals surface area contributed by atoms with Gasteiger partial charge in [-0.25, -0.2) is 0 Å². The van der Waals surface area contributed by atoms with Crippen LogP contribution in [-0.4, -0.2) is 32.3 Å². The molecule has 1 aromatic carbocycles. The topological polar surface area (TPSA) is 64.6 Å². The molecule has 0 amide bonds. The molecule has 1 N–H and O–H groups in total. The molecule has 1 unspecified atom stereocenters. The molecule has 2 aliphatic rings. The van der Waals surface area contributed by atoms with Gasteiger partial charge in [-0.1, -0.05) is 13.8 Å². The minimum Gasteiger partial charge on any atom is -0.493 e. The quantitative estimate of drug-likeness (QED) is 0.832. The van der Waals surface area contributed by atoms with E-state index in [1.165, 1.54) is 0 Å². The SMILES string of the molecule is COc1cc2c(cc1OC)C(C1C(=O)CC(C)(C)CC1=O)NCC2.Cl. The standard InChI is InChI=1S/C19H25NO4.ClH/c1-19(2)9-13(21)17(14(22)10-19)18-12-8-16(24-4)15(23-3)7-11(12)5-6-20-18;/h7-8,17-18,20H,5-6,9-10H2,1-4H3;1H. The van der Waals surface area contributed by atoms with Gasteiger partial charge in [-0.2, -0.15) is 0 Å². The average molecular weight is 368 g/mol. The maximum absolute atomic E-state index is 12.7. The number of ether oxygens (including phenoxy) is 2. The summed E-state index contributed by atoms with van der Waals surface area (Å²) in [7, 11) is 3.20. The molecule has 0 saturated heterocycles. The Bertz CT molecular complexity index is 666. The second kappa shape index (κ2) is 7.34. The molecular weight excluding hydrogens is 342 g/mol. The highest BCUT2D eigenvalue weighted by Crippen LogP contribution is 2.42. The first kappa shape index (κ1) is 19.7. The van der Waals surface area contributed by atoms with E-state index in [1.54, 1.807) is 14.2 Å². The number of rotatable bonds is 3. The van der Waals surface area contributed by atoms with Crippen LogP contribution in [0.1, 0.15) is 43.9 Å². The van der Waals surface area contributed by atoms with Gasteiger partial charge in [0.2, 0.25) is 0 Å². The fourth-order valence-electron chi connectivity index (χ4n) is 3.99. The van der Waals surface area contributed by atoms with Crippen molar-refractivity contribution in [3.05, 3.63) is 23.3 Å². The molecule has 138 valence electrons. The van der Waals surface area contributed by atoms with Crippen molar-refractivity contribution in [2.75, 3.05) is 20.8 Å². The van der Waals surface area contributed by atoms with Crippen LogP contribution in [0, 0.1) is 11.3 Å². The van der Waals surface area contributed by atoms with Gasteiger partial charge in [0.25, 0.3) is 0 Å². The molecule has 0 spiro atoms. The van der Waals surface area contributed by atoms with E-state index in [-0.39, 0.29) is 35.4 Å². The first-order valence-electron chi connectivity index (χ1n) is 8.40. The van der Waals surface area contributed by atoms with Crippen molar-refractivity contribution in [3.8, 4) is 11.5 Å². The number of carbonyl (C=O) groups excluding carboxylic acids is 2. The minimum atomic E-state index is -0.602. The molecule has 1 atom stereocenters. The van der Waals surface area contributed by atoms with Gasteiger partial charge in [0.05, 0.1) is 20.1 Å². The first-order chi connectivity index (χ1) is 11.4. The van der Waals surface area contributed by atoms with Gasteiger partial charge in [0.15, 0.2) is 11.5 Å². The molecule has 0 bridgehead atoms. The number of nitrogens with one attached hydrogen (secondary N) is 1. The number of fused-ring (bicyclic) bond motifs is 1. The van der Waals surface area contributed by atoms with E-state index in [2.05, 4.69) is 5.32 Å². The van der Waals surface area contributed by atoms with E-state index in [0.717, 1.165) is 24.1 Å². The van der Waals surface area contributed by atoms with Crippen LogP contribution >= 0.6 is 12.4 Å². The van der Waals surface area contributed by atoms with Crippen LogP contribution in [0.25, 0.3) is 0 Å². The lowest BCUT2D eigenvalue weighted by atomic mass is 9.68. The third kappa shape index (κ3) is 3.67. The Labute approximate surface area is 154 Å². The maximum atomic E-state index is 12.7. The van der Waals surface area contributed by atoms with E-state index in [4.69, 9.17) is 9.47 Å². The fraction of sp³-hybridized carbons (Fsp3) is 0.579. The van der Waals surface area contributed by atoms with Crippen LogP contribution in [0.2, 0.25) is 0 Å². The van der Waals surface area contributed by atoms with Gasteiger partial charge >= 0.3 is 0 Å². The summed E-state index contributed by atoms with van der Waals surface area (Å²) in [6, 6.07) is 3.60. The molecule has 25 heavy (non-hydrogen) atoms. The summed E-state index contributed by atoms with van der Waals surface area (Å²) < 4.78 is 10.8.